The summed E-state index contributed by atoms with van der Waals surface area (Å²) in [4.78, 5) is 86.0. The smallest absolute Gasteiger partial charge is 0.243 e. The zero-order chi connectivity index (χ0) is 37.7. The van der Waals surface area contributed by atoms with E-state index in [0.717, 1.165) is 4.90 Å². The molecule has 0 radical (unpaired) electrons. The van der Waals surface area contributed by atoms with E-state index in [0.29, 0.717) is 77.7 Å². The van der Waals surface area contributed by atoms with Gasteiger partial charge in [0.2, 0.25) is 23.6 Å². The van der Waals surface area contributed by atoms with E-state index in [9.17, 15) is 33.6 Å². The molecule has 17 heteroatoms. The zero-order valence-electron chi connectivity index (χ0n) is 30.4. The van der Waals surface area contributed by atoms with Crippen LogP contribution in [0.1, 0.15) is 64.7 Å². The fourth-order valence-corrected chi connectivity index (χ4v) is 5.89. The molecule has 0 aliphatic carbocycles. The topological polar surface area (TPSA) is 202 Å². The standard InChI is InChI=1S/C34H57N3O13S/c1-26(38)11-23-51-30-24-33(43)37(34(30)44)25-32(42)35-12-16-48-18-20-50-22-21-49-19-17-47-15-10-31(41)36-28(29(40)7-5-14-46-3)9-8-27(39)6-4-13-45-2/h28,30H,4-25H2,1-3H3,(H,35,42)(H,36,41)/t28-,30?/m0/s1. The maximum atomic E-state index is 12.7. The molecule has 1 rings (SSSR count). The molecule has 2 N–H and O–H groups in total. The lowest BCUT2D eigenvalue weighted by molar-refractivity contribution is -0.142. The third kappa shape index (κ3) is 23.4. The van der Waals surface area contributed by atoms with Crippen LogP contribution in [0.15, 0.2) is 0 Å². The number of likely N-dealkylation sites (tertiary alicyclic amines) is 1. The lowest BCUT2D eigenvalue weighted by atomic mass is 10.00. The second-order valence-corrected chi connectivity index (χ2v) is 13.1. The number of thioether (sulfide) groups is 1. The third-order valence-corrected chi connectivity index (χ3v) is 8.66. The number of nitrogens with one attached hydrogen (secondary N) is 2. The molecular weight excluding hydrogens is 690 g/mol. The summed E-state index contributed by atoms with van der Waals surface area (Å²) in [7, 11) is 3.13. The van der Waals surface area contributed by atoms with Gasteiger partial charge in [-0.05, 0) is 26.2 Å². The van der Waals surface area contributed by atoms with Gasteiger partial charge in [-0.25, -0.2) is 0 Å². The first-order valence-corrected chi connectivity index (χ1v) is 18.5. The summed E-state index contributed by atoms with van der Waals surface area (Å²) in [6.45, 7) is 4.52. The molecule has 0 aromatic rings. The normalized spacial score (nSPS) is 14.9. The van der Waals surface area contributed by atoms with Crippen molar-refractivity contribution in [3.8, 4) is 0 Å². The minimum atomic E-state index is -0.731. The predicted molar refractivity (Wildman–Crippen MR) is 187 cm³/mol. The van der Waals surface area contributed by atoms with Gasteiger partial charge >= 0.3 is 0 Å². The van der Waals surface area contributed by atoms with Crippen LogP contribution in [-0.2, 0) is 62.0 Å². The summed E-state index contributed by atoms with van der Waals surface area (Å²) in [5, 5.41) is 4.81. The molecule has 51 heavy (non-hydrogen) atoms. The minimum absolute atomic E-state index is 0.0164. The average molecular weight is 748 g/mol. The van der Waals surface area contributed by atoms with E-state index < -0.39 is 29.0 Å². The molecule has 1 unspecified atom stereocenters. The van der Waals surface area contributed by atoms with Gasteiger partial charge in [0.1, 0.15) is 18.1 Å². The molecular formula is C34H57N3O13S. The van der Waals surface area contributed by atoms with Crippen molar-refractivity contribution in [1.82, 2.24) is 15.5 Å². The second kappa shape index (κ2) is 29.7. The Morgan fingerprint density at radius 3 is 1.94 bits per heavy atom. The summed E-state index contributed by atoms with van der Waals surface area (Å²) >= 11 is 1.26. The fraction of sp³-hybridized carbons (Fsp3) is 0.794. The Morgan fingerprint density at radius 2 is 1.33 bits per heavy atom. The molecule has 0 saturated carbocycles. The molecule has 0 aromatic heterocycles. The highest BCUT2D eigenvalue weighted by Gasteiger charge is 2.39. The van der Waals surface area contributed by atoms with E-state index in [1.807, 2.05) is 0 Å². The van der Waals surface area contributed by atoms with Crippen LogP contribution in [0.4, 0.5) is 0 Å². The first-order chi connectivity index (χ1) is 24.6. The van der Waals surface area contributed by atoms with E-state index >= 15 is 0 Å². The van der Waals surface area contributed by atoms with Gasteiger partial charge in [0.15, 0.2) is 5.78 Å². The van der Waals surface area contributed by atoms with Gasteiger partial charge in [0.05, 0.1) is 64.1 Å². The lowest BCUT2D eigenvalue weighted by Crippen LogP contribution is -2.41. The van der Waals surface area contributed by atoms with Crippen molar-refractivity contribution in [2.45, 2.75) is 76.0 Å². The zero-order valence-corrected chi connectivity index (χ0v) is 31.2. The van der Waals surface area contributed by atoms with Gasteiger partial charge in [-0.1, -0.05) is 0 Å². The average Bonchev–Trinajstić information content (AvgIpc) is 3.35. The largest absolute Gasteiger partial charge is 0.385 e. The molecule has 1 heterocycles. The van der Waals surface area contributed by atoms with Gasteiger partial charge in [-0.2, -0.15) is 0 Å². The Labute approximate surface area is 305 Å². The van der Waals surface area contributed by atoms with Crippen molar-refractivity contribution in [3.63, 3.8) is 0 Å². The highest BCUT2D eigenvalue weighted by atomic mass is 32.2. The van der Waals surface area contributed by atoms with Crippen LogP contribution >= 0.6 is 11.8 Å². The summed E-state index contributed by atoms with van der Waals surface area (Å²) in [5.74, 6) is -1.21. The van der Waals surface area contributed by atoms with Gasteiger partial charge < -0.3 is 39.1 Å². The number of amides is 4. The van der Waals surface area contributed by atoms with Crippen molar-refractivity contribution in [3.05, 3.63) is 0 Å². The number of imide groups is 1. The van der Waals surface area contributed by atoms with Crippen LogP contribution < -0.4 is 10.6 Å². The molecule has 1 fully saturated rings. The molecule has 4 amide bonds. The number of methoxy groups -OCH3 is 2. The summed E-state index contributed by atoms with van der Waals surface area (Å²) in [5.41, 5.74) is 0. The third-order valence-electron chi connectivity index (χ3n) is 7.45. The van der Waals surface area contributed by atoms with Crippen LogP contribution in [0, 0.1) is 0 Å². The van der Waals surface area contributed by atoms with E-state index in [1.54, 1.807) is 14.2 Å². The van der Waals surface area contributed by atoms with E-state index in [1.165, 1.54) is 18.7 Å². The van der Waals surface area contributed by atoms with Crippen LogP contribution in [0.5, 0.6) is 0 Å². The maximum absolute atomic E-state index is 12.7. The fourth-order valence-electron chi connectivity index (χ4n) is 4.67. The van der Waals surface area contributed by atoms with Crippen LogP contribution in [0.2, 0.25) is 0 Å². The molecule has 2 atom stereocenters. The van der Waals surface area contributed by atoms with Crippen molar-refractivity contribution in [2.75, 3.05) is 99.1 Å². The van der Waals surface area contributed by atoms with Crippen molar-refractivity contribution in [1.29, 1.82) is 0 Å². The molecule has 0 aromatic carbocycles. The van der Waals surface area contributed by atoms with Gasteiger partial charge in [0, 0.05) is 78.3 Å². The number of Topliss-reactive ketones (excluding diaryl/α,β-unsaturated/α-hetero) is 3. The van der Waals surface area contributed by atoms with Gasteiger partial charge in [-0.15, -0.1) is 11.8 Å². The molecule has 16 nitrogen and oxygen atoms in total. The molecule has 1 aliphatic heterocycles. The Bertz CT molecular complexity index is 1080. The number of hydrogen-bond donors (Lipinski definition) is 2. The Balaban J connectivity index is 2.06. The number of rotatable bonds is 34. The van der Waals surface area contributed by atoms with Crippen molar-refractivity contribution in [2.24, 2.45) is 0 Å². The molecule has 1 saturated heterocycles. The second-order valence-electron chi connectivity index (χ2n) is 11.7. The SMILES string of the molecule is COCCCC(=O)CC[C@H](NC(=O)CCOCCOCCOCCOCCNC(=O)CN1C(=O)CC(SCCC(C)=O)C1=O)C(=O)CCCOC. The number of nitrogens with zero attached hydrogens (tertiary/aromatic N) is 1. The molecule has 1 aliphatic rings. The minimum Gasteiger partial charge on any atom is -0.385 e. The van der Waals surface area contributed by atoms with E-state index in [-0.39, 0.29) is 88.3 Å². The number of carbonyl (C=O) groups is 7. The van der Waals surface area contributed by atoms with E-state index in [2.05, 4.69) is 10.6 Å². The number of ketones is 3. The number of carbonyl (C=O) groups excluding carboxylic acids is 7. The van der Waals surface area contributed by atoms with E-state index in [4.69, 9.17) is 28.4 Å². The van der Waals surface area contributed by atoms with Crippen molar-refractivity contribution >= 4 is 52.7 Å². The van der Waals surface area contributed by atoms with Crippen LogP contribution in [0.3, 0.4) is 0 Å². The Hall–Kier alpha value is -2.80. The summed E-state index contributed by atoms with van der Waals surface area (Å²) in [6, 6.07) is -0.731. The summed E-state index contributed by atoms with van der Waals surface area (Å²) < 4.78 is 31.7. The molecule has 292 valence electrons. The first kappa shape index (κ1) is 46.2. The monoisotopic (exact) mass is 747 g/mol. The number of ether oxygens (including phenoxy) is 6. The van der Waals surface area contributed by atoms with Crippen LogP contribution in [0.25, 0.3) is 0 Å². The van der Waals surface area contributed by atoms with Crippen molar-refractivity contribution < 1.29 is 62.0 Å². The van der Waals surface area contributed by atoms with Gasteiger partial charge in [0.25, 0.3) is 0 Å². The predicted octanol–water partition coefficient (Wildman–Crippen LogP) is 0.655. The van der Waals surface area contributed by atoms with Crippen LogP contribution in [-0.4, -0.2) is 156 Å². The van der Waals surface area contributed by atoms with Gasteiger partial charge in [-0.3, -0.25) is 38.5 Å². The Morgan fingerprint density at radius 1 is 0.745 bits per heavy atom. The summed E-state index contributed by atoms with van der Waals surface area (Å²) in [6.07, 6.45) is 2.66. The lowest BCUT2D eigenvalue weighted by Gasteiger charge is -2.18. The first-order valence-electron chi connectivity index (χ1n) is 17.4. The molecule has 0 spiro atoms. The highest BCUT2D eigenvalue weighted by molar-refractivity contribution is 8.00. The quantitative estimate of drug-likeness (QED) is 0.0687. The highest BCUT2D eigenvalue weighted by Crippen LogP contribution is 2.25. The Kier molecular flexibility index (Phi) is 27.0. The molecule has 0 bridgehead atoms. The number of hydrogen-bond acceptors (Lipinski definition) is 14. The maximum Gasteiger partial charge on any atom is 0.243 e.